The molecule has 0 saturated carbocycles. The van der Waals surface area contributed by atoms with Gasteiger partial charge in [-0.15, -0.1) is 0 Å². The van der Waals surface area contributed by atoms with Crippen molar-refractivity contribution in [3.63, 3.8) is 0 Å². The number of nitrogens with zero attached hydrogens (tertiary/aromatic N) is 1. The minimum absolute atomic E-state index is 0.172. The Balaban J connectivity index is 1.45. The lowest BCUT2D eigenvalue weighted by Crippen LogP contribution is -2.34. The quantitative estimate of drug-likeness (QED) is 0.413. The molecule has 3 rings (SSSR count). The highest BCUT2D eigenvalue weighted by atomic mass is 35.5. The molecule has 0 fully saturated rings. The van der Waals surface area contributed by atoms with Gasteiger partial charge in [-0.05, 0) is 54.4 Å². The first-order chi connectivity index (χ1) is 15.0. The van der Waals surface area contributed by atoms with E-state index in [1.165, 1.54) is 6.21 Å². The fourth-order valence-electron chi connectivity index (χ4n) is 2.70. The van der Waals surface area contributed by atoms with Crippen LogP contribution in [0.4, 0.5) is 0 Å². The van der Waals surface area contributed by atoms with E-state index in [4.69, 9.17) is 16.3 Å². The van der Waals surface area contributed by atoms with Crippen LogP contribution < -0.4 is 15.5 Å². The molecule has 6 nitrogen and oxygen atoms in total. The predicted molar refractivity (Wildman–Crippen MR) is 121 cm³/mol. The van der Waals surface area contributed by atoms with Crippen molar-refractivity contribution in [3.8, 4) is 5.75 Å². The number of nitrogens with one attached hydrogen (secondary N) is 2. The van der Waals surface area contributed by atoms with Gasteiger partial charge in [0.15, 0.2) is 0 Å². The normalized spacial score (nSPS) is 10.6. The smallest absolute Gasteiger partial charge is 0.259 e. The second-order valence-corrected chi connectivity index (χ2v) is 7.27. The molecule has 0 aliphatic heterocycles. The summed E-state index contributed by atoms with van der Waals surface area (Å²) in [5.41, 5.74) is 5.64. The van der Waals surface area contributed by atoms with E-state index < -0.39 is 5.91 Å². The topological polar surface area (TPSA) is 79.8 Å². The van der Waals surface area contributed by atoms with Crippen LogP contribution >= 0.6 is 11.6 Å². The van der Waals surface area contributed by atoms with Gasteiger partial charge in [-0.2, -0.15) is 5.10 Å². The third kappa shape index (κ3) is 7.28. The van der Waals surface area contributed by atoms with Gasteiger partial charge in [-0.1, -0.05) is 53.6 Å². The zero-order valence-electron chi connectivity index (χ0n) is 17.0. The molecular formula is C24H22ClN3O3. The second kappa shape index (κ2) is 10.9. The van der Waals surface area contributed by atoms with E-state index in [2.05, 4.69) is 15.8 Å². The second-order valence-electron chi connectivity index (χ2n) is 6.83. The summed E-state index contributed by atoms with van der Waals surface area (Å²) in [5, 5.41) is 7.18. The minimum atomic E-state index is -0.424. The highest BCUT2D eigenvalue weighted by Crippen LogP contribution is 2.15. The average molecular weight is 436 g/mol. The van der Waals surface area contributed by atoms with Gasteiger partial charge in [-0.25, -0.2) is 5.43 Å². The molecule has 3 aromatic rings. The number of carbonyl (C=O) groups excluding carboxylic acids is 2. The predicted octanol–water partition coefficient (Wildman–Crippen LogP) is 4.11. The van der Waals surface area contributed by atoms with Crippen molar-refractivity contribution in [2.45, 2.75) is 13.5 Å². The molecule has 0 bridgehead atoms. The van der Waals surface area contributed by atoms with E-state index in [1.807, 2.05) is 61.5 Å². The Bertz CT molecular complexity index is 1080. The summed E-state index contributed by atoms with van der Waals surface area (Å²) in [6.45, 7) is 2.14. The molecule has 7 heteroatoms. The summed E-state index contributed by atoms with van der Waals surface area (Å²) < 4.78 is 5.78. The Morgan fingerprint density at radius 3 is 2.58 bits per heavy atom. The number of hydrogen-bond acceptors (Lipinski definition) is 4. The lowest BCUT2D eigenvalue weighted by molar-refractivity contribution is -0.120. The van der Waals surface area contributed by atoms with Crippen molar-refractivity contribution in [3.05, 3.63) is 100 Å². The Kier molecular flexibility index (Phi) is 7.79. The van der Waals surface area contributed by atoms with Crippen LogP contribution in [0.25, 0.3) is 0 Å². The summed E-state index contributed by atoms with van der Waals surface area (Å²) >= 11 is 5.88. The number of halogens is 1. The SMILES string of the molecule is Cc1cccc(C(=O)NCC(=O)N/N=C\c2cccc(OCc3ccc(Cl)cc3)c2)c1. The fourth-order valence-corrected chi connectivity index (χ4v) is 2.83. The fraction of sp³-hybridized carbons (Fsp3) is 0.125. The molecule has 2 amide bonds. The number of hydrogen-bond donors (Lipinski definition) is 2. The molecule has 0 spiro atoms. The standard InChI is InChI=1S/C24H22ClN3O3/c1-17-4-2-6-20(12-17)24(30)26-15-23(29)28-27-14-19-5-3-7-22(13-19)31-16-18-8-10-21(25)11-9-18/h2-14H,15-16H2,1H3,(H,26,30)(H,28,29)/b27-14-. The molecule has 0 unspecified atom stereocenters. The lowest BCUT2D eigenvalue weighted by atomic mass is 10.1. The Hall–Kier alpha value is -3.64. The molecule has 0 radical (unpaired) electrons. The van der Waals surface area contributed by atoms with Crippen LogP contribution in [0.5, 0.6) is 5.75 Å². The molecule has 0 aromatic heterocycles. The number of aryl methyl sites for hydroxylation is 1. The van der Waals surface area contributed by atoms with E-state index in [9.17, 15) is 9.59 Å². The van der Waals surface area contributed by atoms with Crippen molar-refractivity contribution in [1.82, 2.24) is 10.7 Å². The highest BCUT2D eigenvalue weighted by molar-refractivity contribution is 6.30. The monoisotopic (exact) mass is 435 g/mol. The first kappa shape index (κ1) is 22.1. The summed E-state index contributed by atoms with van der Waals surface area (Å²) in [4.78, 5) is 24.0. The maximum absolute atomic E-state index is 12.1. The van der Waals surface area contributed by atoms with E-state index in [1.54, 1.807) is 18.2 Å². The van der Waals surface area contributed by atoms with Crippen molar-refractivity contribution >= 4 is 29.6 Å². The number of hydrazone groups is 1. The summed E-state index contributed by atoms with van der Waals surface area (Å²) in [6, 6.07) is 21.9. The van der Waals surface area contributed by atoms with Crippen LogP contribution in [0.3, 0.4) is 0 Å². The third-order valence-corrected chi connectivity index (χ3v) is 4.52. The van der Waals surface area contributed by atoms with Crippen LogP contribution in [0.2, 0.25) is 5.02 Å². The molecule has 0 atom stereocenters. The third-order valence-electron chi connectivity index (χ3n) is 4.27. The molecule has 0 aliphatic carbocycles. The number of carbonyl (C=O) groups is 2. The Morgan fingerprint density at radius 1 is 1.03 bits per heavy atom. The first-order valence-electron chi connectivity index (χ1n) is 9.64. The number of ether oxygens (including phenoxy) is 1. The van der Waals surface area contributed by atoms with Crippen LogP contribution in [-0.2, 0) is 11.4 Å². The molecule has 0 heterocycles. The molecule has 31 heavy (non-hydrogen) atoms. The minimum Gasteiger partial charge on any atom is -0.489 e. The van der Waals surface area contributed by atoms with Gasteiger partial charge in [0.25, 0.3) is 11.8 Å². The van der Waals surface area contributed by atoms with E-state index in [-0.39, 0.29) is 12.5 Å². The molecule has 2 N–H and O–H groups in total. The van der Waals surface area contributed by atoms with Gasteiger partial charge in [0.05, 0.1) is 12.8 Å². The number of rotatable bonds is 8. The van der Waals surface area contributed by atoms with E-state index in [0.717, 1.165) is 16.7 Å². The largest absolute Gasteiger partial charge is 0.489 e. The first-order valence-corrected chi connectivity index (χ1v) is 10.0. The van der Waals surface area contributed by atoms with Crippen molar-refractivity contribution < 1.29 is 14.3 Å². The van der Waals surface area contributed by atoms with Crippen molar-refractivity contribution in [1.29, 1.82) is 0 Å². The molecule has 0 aliphatic rings. The average Bonchev–Trinajstić information content (AvgIpc) is 2.77. The van der Waals surface area contributed by atoms with Gasteiger partial charge < -0.3 is 10.1 Å². The molecule has 0 saturated heterocycles. The Morgan fingerprint density at radius 2 is 1.81 bits per heavy atom. The molecular weight excluding hydrogens is 414 g/mol. The maximum atomic E-state index is 12.1. The number of benzene rings is 3. The molecule has 3 aromatic carbocycles. The maximum Gasteiger partial charge on any atom is 0.259 e. The van der Waals surface area contributed by atoms with Crippen LogP contribution in [0, 0.1) is 6.92 Å². The van der Waals surface area contributed by atoms with Gasteiger partial charge >= 0.3 is 0 Å². The van der Waals surface area contributed by atoms with E-state index in [0.29, 0.717) is 22.9 Å². The van der Waals surface area contributed by atoms with E-state index >= 15 is 0 Å². The number of amides is 2. The zero-order chi connectivity index (χ0) is 22.1. The molecule has 158 valence electrons. The van der Waals surface area contributed by atoms with Crippen LogP contribution in [0.15, 0.2) is 77.9 Å². The van der Waals surface area contributed by atoms with Gasteiger partial charge in [0.1, 0.15) is 12.4 Å². The Labute approximate surface area is 185 Å². The van der Waals surface area contributed by atoms with Crippen LogP contribution in [-0.4, -0.2) is 24.6 Å². The highest BCUT2D eigenvalue weighted by Gasteiger charge is 2.07. The van der Waals surface area contributed by atoms with Crippen molar-refractivity contribution in [2.75, 3.05) is 6.54 Å². The summed E-state index contributed by atoms with van der Waals surface area (Å²) in [7, 11) is 0. The van der Waals surface area contributed by atoms with Gasteiger partial charge in [0, 0.05) is 10.6 Å². The van der Waals surface area contributed by atoms with Crippen molar-refractivity contribution in [2.24, 2.45) is 5.10 Å². The van der Waals surface area contributed by atoms with Crippen LogP contribution in [0.1, 0.15) is 27.0 Å². The van der Waals surface area contributed by atoms with Gasteiger partial charge in [0.2, 0.25) is 0 Å². The zero-order valence-corrected chi connectivity index (χ0v) is 17.7. The summed E-state index contributed by atoms with van der Waals surface area (Å²) in [5.74, 6) is -0.0589. The lowest BCUT2D eigenvalue weighted by Gasteiger charge is -2.07. The van der Waals surface area contributed by atoms with Gasteiger partial charge in [-0.3, -0.25) is 9.59 Å². The summed E-state index contributed by atoms with van der Waals surface area (Å²) in [6.07, 6.45) is 1.51.